The van der Waals surface area contributed by atoms with E-state index in [1.54, 1.807) is 12.3 Å². The lowest BCUT2D eigenvalue weighted by atomic mass is 9.85. The molecule has 0 saturated heterocycles. The summed E-state index contributed by atoms with van der Waals surface area (Å²) in [4.78, 5) is 48.9. The summed E-state index contributed by atoms with van der Waals surface area (Å²) in [6.45, 7) is 36.5. The molecule has 21 nitrogen and oxygen atoms in total. The van der Waals surface area contributed by atoms with Crippen molar-refractivity contribution in [1.82, 2.24) is 100 Å². The lowest BCUT2D eigenvalue weighted by Crippen LogP contribution is -2.13. The van der Waals surface area contributed by atoms with Crippen molar-refractivity contribution in [3.63, 3.8) is 0 Å². The number of imidazole rings is 5. The maximum absolute atomic E-state index is 13.0. The number of benzene rings is 7. The SMILES string of the molecule is CCC(C)(C)Cc1cnc(CCc2ccc(-c3ccc(F)cn3)cc2)[nH]1.CCC(C)(C)Cc1cnc(CCc2ccc(-c3cccc(C)n3)cc2)[nH]1.CCC(C)(C)Cc1cnc(CCc2ccc(-c3cccc4cn[nH]c34)cc2)[nH]1.CCC(C)(C)Cc1cnc(CCc2ccc(-c3ccccc3OCc3nn[nH]n3)cc2)[nH]1.CCC(C)(C)Cc1cnc(CCc2ccc(-n3cccn3)cc2)[nH]1. The number of para-hydroxylation sites is 2. The minimum absolute atomic E-state index is 0.270. The molecule has 17 aromatic rings. The van der Waals surface area contributed by atoms with Crippen LogP contribution in [0.25, 0.3) is 61.4 Å². The Morgan fingerprint density at radius 1 is 0.360 bits per heavy atom. The van der Waals surface area contributed by atoms with Crippen LogP contribution in [0.3, 0.4) is 0 Å². The molecule has 0 spiro atoms. The number of aromatic amines is 7. The fourth-order valence-corrected chi connectivity index (χ4v) is 15.9. The zero-order valence-corrected chi connectivity index (χ0v) is 82.7. The van der Waals surface area contributed by atoms with Gasteiger partial charge in [0.05, 0.1) is 35.0 Å². The number of aromatic nitrogens is 20. The summed E-state index contributed by atoms with van der Waals surface area (Å²) >= 11 is 0. The van der Waals surface area contributed by atoms with Crippen LogP contribution in [0.15, 0.2) is 256 Å². The molecule has 0 fully saturated rings. The number of ether oxygens (including phenoxy) is 1. The summed E-state index contributed by atoms with van der Waals surface area (Å²) in [5.74, 6) is 6.33. The zero-order chi connectivity index (χ0) is 96.1. The monoisotopic (exact) mass is 1820 g/mol. The molecular formula is C114H139FN20O. The fraction of sp³-hybridized carbons (Fsp3) is 0.368. The van der Waals surface area contributed by atoms with Crippen LogP contribution >= 0.6 is 0 Å². The Labute approximate surface area is 803 Å². The third-order valence-electron chi connectivity index (χ3n) is 26.2. The number of H-pyrrole nitrogens is 7. The molecule has 0 saturated carbocycles. The maximum Gasteiger partial charge on any atom is 0.211 e. The van der Waals surface area contributed by atoms with Gasteiger partial charge in [-0.15, -0.1) is 10.2 Å². The average Bonchev–Trinajstić information content (AvgIpc) is 1.64. The second kappa shape index (κ2) is 47.5. The van der Waals surface area contributed by atoms with Crippen LogP contribution < -0.4 is 4.74 Å². The fourth-order valence-electron chi connectivity index (χ4n) is 15.9. The van der Waals surface area contributed by atoms with Gasteiger partial charge in [0.25, 0.3) is 0 Å². The summed E-state index contributed by atoms with van der Waals surface area (Å²) in [5, 5.41) is 26.5. The van der Waals surface area contributed by atoms with E-state index in [1.165, 1.54) is 105 Å². The first-order chi connectivity index (χ1) is 65.5. The molecule has 0 bridgehead atoms. The number of fused-ring (bicyclic) bond motifs is 1. The van der Waals surface area contributed by atoms with Gasteiger partial charge in [0, 0.05) is 137 Å². The molecule has 7 aromatic carbocycles. The molecule has 0 amide bonds. The van der Waals surface area contributed by atoms with Crippen LogP contribution in [-0.4, -0.2) is 100 Å². The highest BCUT2D eigenvalue weighted by molar-refractivity contribution is 5.93. The Morgan fingerprint density at radius 3 is 1.13 bits per heavy atom. The largest absolute Gasteiger partial charge is 0.485 e. The lowest BCUT2D eigenvalue weighted by molar-refractivity contribution is 0.297. The molecule has 136 heavy (non-hydrogen) atoms. The number of rotatable bonds is 38. The Bertz CT molecular complexity index is 6400. The smallest absolute Gasteiger partial charge is 0.211 e. The number of tetrazole rings is 1. The predicted octanol–water partition coefficient (Wildman–Crippen LogP) is 25.9. The van der Waals surface area contributed by atoms with Crippen molar-refractivity contribution < 1.29 is 9.13 Å². The Hall–Kier alpha value is -13.6. The molecule has 10 heterocycles. The first-order valence-corrected chi connectivity index (χ1v) is 48.5. The number of hydrogen-bond acceptors (Lipinski definition) is 13. The molecule has 22 heteroatoms. The summed E-state index contributed by atoms with van der Waals surface area (Å²) in [7, 11) is 0. The van der Waals surface area contributed by atoms with Crippen molar-refractivity contribution in [2.45, 2.75) is 246 Å². The van der Waals surface area contributed by atoms with Crippen LogP contribution in [0.4, 0.5) is 4.39 Å². The van der Waals surface area contributed by atoms with Gasteiger partial charge in [-0.25, -0.2) is 34.0 Å². The molecule has 17 rings (SSSR count). The Kier molecular flexibility index (Phi) is 34.9. The molecule has 0 aliphatic carbocycles. The van der Waals surface area contributed by atoms with Crippen LogP contribution in [0.1, 0.15) is 233 Å². The van der Waals surface area contributed by atoms with E-state index < -0.39 is 0 Å². The predicted molar refractivity (Wildman–Crippen MR) is 548 cm³/mol. The van der Waals surface area contributed by atoms with Gasteiger partial charge in [-0.3, -0.25) is 15.1 Å². The van der Waals surface area contributed by atoms with Crippen LogP contribution in [0.2, 0.25) is 0 Å². The van der Waals surface area contributed by atoms with E-state index in [1.807, 2.05) is 97.4 Å². The number of pyridine rings is 2. The molecule has 0 atom stereocenters. The van der Waals surface area contributed by atoms with E-state index in [-0.39, 0.29) is 12.4 Å². The second-order valence-corrected chi connectivity index (χ2v) is 39.9. The number of aryl methyl sites for hydroxylation is 11. The summed E-state index contributed by atoms with van der Waals surface area (Å²) < 4.78 is 20.8. The topological polar surface area (TPSA) is 279 Å². The van der Waals surface area contributed by atoms with Crippen molar-refractivity contribution in [3.05, 3.63) is 359 Å². The maximum atomic E-state index is 13.0. The number of nitrogens with one attached hydrogen (secondary N) is 7. The first kappa shape index (κ1) is 99.8. The average molecular weight is 1820 g/mol. The standard InChI is InChI=1S/C25H30N6O.C24H28N4.C23H29N3.C22H26FN3.C20H26N4/c1-4-25(2,3)15-20-16-26-23(27-20)14-11-18-9-12-19(13-10-18)21-7-5-6-8-22(21)32-17-24-28-30-31-29-24;1-4-24(2,3)14-20-16-25-22(27-20)13-10-17-8-11-18(12-9-17)21-7-5-6-19-15-26-28-23(19)21;1-5-23(3,4)15-20-16-24-22(26-20)14-11-18-9-12-19(13-10-18)21-8-6-7-17(2)25-21;1-4-22(2,3)13-19-15-25-21(26-19)12-7-16-5-8-17(9-6-16)20-11-10-18(23)14-24-20;1-4-20(2,3)14-17-15-21-19(23-17)11-8-16-6-9-18(10-7-16)24-13-5-12-22-24/h5-10,12-13,16H,4,11,14-15,17H2,1-3H3,(H,26,27)(H,28,29,30,31);5-9,11-12,15-16H,4,10,13-14H2,1-3H3,(H,25,27)(H,26,28);6-10,12-13,16H,5,11,14-15H2,1-4H3,(H,24,26);5-6,8-11,14-15H,4,7,12-13H2,1-3H3,(H,25,26);5-7,9-10,12-13,15H,4,8,11,14H2,1-3H3,(H,21,23). The third kappa shape index (κ3) is 30.7. The summed E-state index contributed by atoms with van der Waals surface area (Å²) in [6, 6.07) is 68.5. The molecule has 7 N–H and O–H groups in total. The molecule has 0 aliphatic rings. The van der Waals surface area contributed by atoms with E-state index in [0.717, 1.165) is 194 Å². The van der Waals surface area contributed by atoms with E-state index in [0.29, 0.717) is 32.9 Å². The van der Waals surface area contributed by atoms with E-state index in [9.17, 15) is 4.39 Å². The van der Waals surface area contributed by atoms with E-state index >= 15 is 0 Å². The summed E-state index contributed by atoms with van der Waals surface area (Å²) in [5.41, 5.74) is 26.0. The van der Waals surface area contributed by atoms with Crippen LogP contribution in [0, 0.1) is 39.8 Å². The normalized spacial score (nSPS) is 11.7. The Balaban J connectivity index is 0.000000144. The highest BCUT2D eigenvalue weighted by atomic mass is 19.1. The number of hydrogen-bond donors (Lipinski definition) is 7. The minimum Gasteiger partial charge on any atom is -0.485 e. The molecule has 0 unspecified atom stereocenters. The zero-order valence-electron chi connectivity index (χ0n) is 82.7. The van der Waals surface area contributed by atoms with Gasteiger partial charge >= 0.3 is 0 Å². The highest BCUT2D eigenvalue weighted by Crippen LogP contribution is 2.35. The lowest BCUT2D eigenvalue weighted by Gasteiger charge is -2.21. The molecule has 10 aromatic heterocycles. The molecule has 0 radical (unpaired) electrons. The van der Waals surface area contributed by atoms with E-state index in [4.69, 9.17) is 4.74 Å². The van der Waals surface area contributed by atoms with Crippen molar-refractivity contribution in [3.8, 4) is 56.2 Å². The summed E-state index contributed by atoms with van der Waals surface area (Å²) in [6.07, 6.45) is 37.3. The van der Waals surface area contributed by atoms with Crippen LogP contribution in [0.5, 0.6) is 5.75 Å². The highest BCUT2D eigenvalue weighted by Gasteiger charge is 2.23. The van der Waals surface area contributed by atoms with Gasteiger partial charge in [0.15, 0.2) is 6.61 Å². The van der Waals surface area contributed by atoms with Gasteiger partial charge < -0.3 is 29.7 Å². The number of nitrogens with zero attached hydrogens (tertiary/aromatic N) is 13. The molecule has 0 aliphatic heterocycles. The minimum atomic E-state index is -0.314. The third-order valence-corrected chi connectivity index (χ3v) is 26.2. The van der Waals surface area contributed by atoms with Gasteiger partial charge in [0.2, 0.25) is 5.82 Å². The number of halogens is 1. The van der Waals surface area contributed by atoms with Gasteiger partial charge in [-0.2, -0.15) is 15.4 Å². The Morgan fingerprint density at radius 2 is 0.750 bits per heavy atom. The van der Waals surface area contributed by atoms with Crippen molar-refractivity contribution >= 4 is 10.9 Å². The van der Waals surface area contributed by atoms with Crippen LogP contribution in [-0.2, 0) is 103 Å². The van der Waals surface area contributed by atoms with Crippen molar-refractivity contribution in [1.29, 1.82) is 0 Å². The van der Waals surface area contributed by atoms with Crippen molar-refractivity contribution in [2.24, 2.45) is 27.1 Å². The first-order valence-electron chi connectivity index (χ1n) is 48.5. The van der Waals surface area contributed by atoms with Gasteiger partial charge in [-0.05, 0) is 186 Å². The molecule has 708 valence electrons. The van der Waals surface area contributed by atoms with E-state index in [2.05, 4.69) is 345 Å². The van der Waals surface area contributed by atoms with Gasteiger partial charge in [-0.1, -0.05) is 293 Å². The quantitative estimate of drug-likeness (QED) is 0.0190. The van der Waals surface area contributed by atoms with Crippen molar-refractivity contribution in [2.75, 3.05) is 0 Å². The second-order valence-electron chi connectivity index (χ2n) is 39.9. The molecular weight excluding hydrogens is 1680 g/mol. The van der Waals surface area contributed by atoms with Gasteiger partial charge in [0.1, 0.15) is 40.7 Å².